The largest absolute Gasteiger partial charge is 0.480 e. The Morgan fingerprint density at radius 2 is 1.85 bits per heavy atom. The lowest BCUT2D eigenvalue weighted by molar-refractivity contribution is -0.151. The highest BCUT2D eigenvalue weighted by Crippen LogP contribution is 2.51. The van der Waals surface area contributed by atoms with Crippen molar-refractivity contribution in [2.45, 2.75) is 24.5 Å². The highest BCUT2D eigenvalue weighted by atomic mass is 79.9. The summed E-state index contributed by atoms with van der Waals surface area (Å²) in [7, 11) is 0. The molecule has 2 aliphatic rings. The van der Waals surface area contributed by atoms with Gasteiger partial charge in [0.2, 0.25) is 11.8 Å². The number of fused-ring (bicyclic) bond motifs is 1. The van der Waals surface area contributed by atoms with E-state index in [0.717, 1.165) is 14.2 Å². The summed E-state index contributed by atoms with van der Waals surface area (Å²) < 4.78 is 0.869. The van der Waals surface area contributed by atoms with Crippen molar-refractivity contribution in [2.24, 2.45) is 11.8 Å². The lowest BCUT2D eigenvalue weighted by Crippen LogP contribution is -2.57. The van der Waals surface area contributed by atoms with Crippen LogP contribution in [0.4, 0.5) is 0 Å². The van der Waals surface area contributed by atoms with Gasteiger partial charge in [-0.15, -0.1) is 11.3 Å². The molecule has 2 amide bonds. The van der Waals surface area contributed by atoms with Crippen LogP contribution < -0.4 is 5.32 Å². The van der Waals surface area contributed by atoms with E-state index in [1.807, 2.05) is 42.5 Å². The zero-order valence-electron chi connectivity index (χ0n) is 17.3. The van der Waals surface area contributed by atoms with E-state index in [2.05, 4.69) is 26.2 Å². The van der Waals surface area contributed by atoms with E-state index >= 15 is 0 Å². The third kappa shape index (κ3) is 3.70. The molecule has 0 radical (unpaired) electrons. The summed E-state index contributed by atoms with van der Waals surface area (Å²) in [4.78, 5) is 46.3. The van der Waals surface area contributed by atoms with Crippen LogP contribution in [0.1, 0.15) is 22.2 Å². The fraction of sp³-hybridized carbons (Fsp3) is 0.250. The number of carbonyl (C=O) groups is 3. The van der Waals surface area contributed by atoms with E-state index in [0.29, 0.717) is 5.69 Å². The Kier molecular flexibility index (Phi) is 5.64. The summed E-state index contributed by atoms with van der Waals surface area (Å²) in [5.74, 6) is -3.82. The number of halogens is 1. The first-order valence-electron chi connectivity index (χ1n) is 10.5. The average Bonchev–Trinajstić information content (AvgIpc) is 3.46. The van der Waals surface area contributed by atoms with Crippen LogP contribution in [0.2, 0.25) is 0 Å². The third-order valence-corrected chi connectivity index (χ3v) is 8.11. The number of aromatic nitrogens is 1. The van der Waals surface area contributed by atoms with Gasteiger partial charge in [0.25, 0.3) is 0 Å². The van der Waals surface area contributed by atoms with Crippen LogP contribution in [-0.2, 0) is 27.3 Å². The minimum absolute atomic E-state index is 0.0212. The average molecular weight is 526 g/mol. The molecule has 0 spiro atoms. The number of nitrogens with zero attached hydrogens (tertiary/aromatic N) is 2. The van der Waals surface area contributed by atoms with Gasteiger partial charge in [-0.25, -0.2) is 0 Å². The molecular formula is C24H20BrN3O4S. The molecule has 2 aliphatic heterocycles. The standard InChI is InChI=1S/C24H20BrN3O4S/c25-17-10-9-16(33-17)20-18-19(22(30)28(21(18)29)13-15-8-4-5-11-26-15)24(27-20,23(31)32)12-14-6-2-1-3-7-14/h1-11,18-20,27H,12-13H2,(H,31,32). The SMILES string of the molecule is O=C1C2C(c3ccc(Br)s3)NC(Cc3ccccc3)(C(=O)O)C2C(=O)N1Cc1ccccn1. The van der Waals surface area contributed by atoms with Gasteiger partial charge in [0, 0.05) is 17.5 Å². The number of amides is 2. The number of rotatable bonds is 6. The monoisotopic (exact) mass is 525 g/mol. The summed E-state index contributed by atoms with van der Waals surface area (Å²) >= 11 is 4.88. The normalized spacial score (nSPS) is 26.6. The van der Waals surface area contributed by atoms with Crippen molar-refractivity contribution < 1.29 is 19.5 Å². The zero-order valence-corrected chi connectivity index (χ0v) is 19.8. The van der Waals surface area contributed by atoms with Crippen LogP contribution >= 0.6 is 27.3 Å². The molecule has 1 aromatic carbocycles. The Morgan fingerprint density at radius 3 is 2.48 bits per heavy atom. The predicted molar refractivity (Wildman–Crippen MR) is 125 cm³/mol. The number of pyridine rings is 1. The van der Waals surface area contributed by atoms with E-state index in [4.69, 9.17) is 0 Å². The molecule has 3 aromatic rings. The first-order chi connectivity index (χ1) is 15.9. The molecule has 7 nitrogen and oxygen atoms in total. The number of thiophene rings is 1. The molecule has 9 heteroatoms. The topological polar surface area (TPSA) is 99.6 Å². The number of carboxylic acid groups (broad SMARTS) is 1. The molecule has 0 aliphatic carbocycles. The molecule has 4 heterocycles. The molecule has 2 aromatic heterocycles. The van der Waals surface area contributed by atoms with Crippen molar-refractivity contribution in [1.29, 1.82) is 0 Å². The van der Waals surface area contributed by atoms with E-state index in [1.165, 1.54) is 16.2 Å². The number of carboxylic acids is 1. The van der Waals surface area contributed by atoms with Crippen molar-refractivity contribution in [3.63, 3.8) is 0 Å². The maximum Gasteiger partial charge on any atom is 0.325 e. The first-order valence-corrected chi connectivity index (χ1v) is 12.1. The number of likely N-dealkylation sites (tertiary alicyclic amines) is 1. The molecule has 0 saturated carbocycles. The van der Waals surface area contributed by atoms with Crippen molar-refractivity contribution in [3.8, 4) is 0 Å². The molecule has 0 bridgehead atoms. The number of hydrogen-bond donors (Lipinski definition) is 2. The summed E-state index contributed by atoms with van der Waals surface area (Å²) in [6.07, 6.45) is 1.69. The van der Waals surface area contributed by atoms with Gasteiger partial charge in [-0.3, -0.25) is 29.6 Å². The highest BCUT2D eigenvalue weighted by molar-refractivity contribution is 9.11. The molecular weight excluding hydrogens is 506 g/mol. The predicted octanol–water partition coefficient (Wildman–Crippen LogP) is 3.42. The second-order valence-corrected chi connectivity index (χ2v) is 10.8. The van der Waals surface area contributed by atoms with Gasteiger partial charge in [0.1, 0.15) is 5.54 Å². The van der Waals surface area contributed by atoms with Crippen LogP contribution in [0, 0.1) is 11.8 Å². The van der Waals surface area contributed by atoms with Gasteiger partial charge in [-0.05, 0) is 45.8 Å². The zero-order chi connectivity index (χ0) is 23.2. The van der Waals surface area contributed by atoms with Gasteiger partial charge >= 0.3 is 5.97 Å². The Balaban J connectivity index is 1.60. The lowest BCUT2D eigenvalue weighted by atomic mass is 9.76. The quantitative estimate of drug-likeness (QED) is 0.478. The summed E-state index contributed by atoms with van der Waals surface area (Å²) in [5, 5.41) is 13.7. The Bertz CT molecular complexity index is 1220. The minimum atomic E-state index is -1.61. The number of benzene rings is 1. The maximum atomic E-state index is 13.7. The Morgan fingerprint density at radius 1 is 1.09 bits per heavy atom. The molecule has 33 heavy (non-hydrogen) atoms. The van der Waals surface area contributed by atoms with Crippen molar-refractivity contribution in [1.82, 2.24) is 15.2 Å². The molecule has 2 fully saturated rings. The first kappa shape index (κ1) is 21.9. The number of imide groups is 1. The van der Waals surface area contributed by atoms with Crippen LogP contribution in [-0.4, -0.2) is 38.3 Å². The second-order valence-electron chi connectivity index (χ2n) is 8.29. The number of aliphatic carboxylic acids is 1. The molecule has 4 unspecified atom stereocenters. The van der Waals surface area contributed by atoms with Crippen LogP contribution in [0.3, 0.4) is 0 Å². The summed E-state index contributed by atoms with van der Waals surface area (Å²) in [5.41, 5.74) is -0.257. The van der Waals surface area contributed by atoms with Crippen molar-refractivity contribution in [2.75, 3.05) is 0 Å². The fourth-order valence-electron chi connectivity index (χ4n) is 4.96. The van der Waals surface area contributed by atoms with Crippen LogP contribution in [0.5, 0.6) is 0 Å². The molecule has 168 valence electrons. The Labute approximate surface area is 202 Å². The van der Waals surface area contributed by atoms with Gasteiger partial charge in [0.15, 0.2) is 0 Å². The van der Waals surface area contributed by atoms with Crippen molar-refractivity contribution >= 4 is 45.1 Å². The third-order valence-electron chi connectivity index (χ3n) is 6.40. The lowest BCUT2D eigenvalue weighted by Gasteiger charge is -2.31. The van der Waals surface area contributed by atoms with Crippen molar-refractivity contribution in [3.05, 3.63) is 86.8 Å². The second kappa shape index (κ2) is 8.48. The summed E-state index contributed by atoms with van der Waals surface area (Å²) in [6, 6.07) is 17.6. The number of nitrogens with one attached hydrogen (secondary N) is 1. The minimum Gasteiger partial charge on any atom is -0.480 e. The van der Waals surface area contributed by atoms with Gasteiger partial charge < -0.3 is 5.11 Å². The van der Waals surface area contributed by atoms with E-state index < -0.39 is 35.3 Å². The summed E-state index contributed by atoms with van der Waals surface area (Å²) in [6.45, 7) is 0.0212. The van der Waals surface area contributed by atoms with E-state index in [1.54, 1.807) is 24.4 Å². The fourth-order valence-corrected chi connectivity index (χ4v) is 6.49. The van der Waals surface area contributed by atoms with Gasteiger partial charge in [-0.2, -0.15) is 0 Å². The molecule has 2 N–H and O–H groups in total. The Hall–Kier alpha value is -2.88. The molecule has 2 saturated heterocycles. The highest BCUT2D eigenvalue weighted by Gasteiger charge is 2.68. The molecule has 5 rings (SSSR count). The maximum absolute atomic E-state index is 13.7. The van der Waals surface area contributed by atoms with Crippen LogP contribution in [0.15, 0.2) is 70.6 Å². The van der Waals surface area contributed by atoms with E-state index in [9.17, 15) is 19.5 Å². The van der Waals surface area contributed by atoms with Gasteiger partial charge in [0.05, 0.1) is 33.9 Å². The van der Waals surface area contributed by atoms with Gasteiger partial charge in [-0.1, -0.05) is 36.4 Å². The smallest absolute Gasteiger partial charge is 0.325 e. The van der Waals surface area contributed by atoms with Crippen LogP contribution in [0.25, 0.3) is 0 Å². The molecule has 4 atom stereocenters. The van der Waals surface area contributed by atoms with E-state index in [-0.39, 0.29) is 18.9 Å². The number of hydrogen-bond acceptors (Lipinski definition) is 6. The number of carbonyl (C=O) groups excluding carboxylic acids is 2.